The molecule has 0 amide bonds. The van der Waals surface area contributed by atoms with Crippen LogP contribution in [0, 0.1) is 0 Å². The molecule has 1 atom stereocenters. The number of fused-ring (bicyclic) bond motifs is 1. The van der Waals surface area contributed by atoms with Crippen LogP contribution in [0.4, 0.5) is 19.4 Å². The second kappa shape index (κ2) is 4.13. The predicted octanol–water partition coefficient (Wildman–Crippen LogP) is 5.25. The fraction of sp³-hybridized carbons (Fsp3) is 0.385. The highest BCUT2D eigenvalue weighted by molar-refractivity contribution is 8.45. The van der Waals surface area contributed by atoms with E-state index < -0.39 is 27.7 Å². The molecule has 1 heterocycles. The van der Waals surface area contributed by atoms with E-state index in [9.17, 15) is 19.4 Å². The van der Waals surface area contributed by atoms with E-state index >= 15 is 0 Å². The van der Waals surface area contributed by atoms with Gasteiger partial charge in [0, 0.05) is 29.6 Å². The van der Waals surface area contributed by atoms with Crippen LogP contribution in [0.15, 0.2) is 35.4 Å². The SMILES string of the molecule is [2H]C([2H])([C@@H](C)N(C)C)n1ccc2cc(S(F)(F)(F)(F)F)ccc21. The van der Waals surface area contributed by atoms with Crippen LogP contribution in [-0.4, -0.2) is 29.6 Å². The Morgan fingerprint density at radius 2 is 1.81 bits per heavy atom. The van der Waals surface area contributed by atoms with Gasteiger partial charge in [0.15, 0.2) is 0 Å². The van der Waals surface area contributed by atoms with Crippen molar-refractivity contribution in [3.63, 3.8) is 0 Å². The summed E-state index contributed by atoms with van der Waals surface area (Å²) < 4.78 is 81.8. The minimum Gasteiger partial charge on any atom is -0.346 e. The zero-order chi connectivity index (χ0) is 17.9. The maximum Gasteiger partial charge on any atom is 0.310 e. The van der Waals surface area contributed by atoms with Crippen molar-refractivity contribution in [1.82, 2.24) is 9.47 Å². The molecule has 0 fully saturated rings. The van der Waals surface area contributed by atoms with E-state index in [1.54, 1.807) is 25.9 Å². The van der Waals surface area contributed by atoms with Gasteiger partial charge < -0.3 is 9.47 Å². The van der Waals surface area contributed by atoms with Gasteiger partial charge in [-0.15, -0.1) is 0 Å². The first-order valence-corrected chi connectivity index (χ1v) is 8.01. The lowest BCUT2D eigenvalue weighted by Gasteiger charge is -2.40. The predicted molar refractivity (Wildman–Crippen MR) is 76.5 cm³/mol. The lowest BCUT2D eigenvalue weighted by Crippen LogP contribution is -2.28. The maximum absolute atomic E-state index is 12.9. The molecule has 0 spiro atoms. The fourth-order valence-electron chi connectivity index (χ4n) is 1.79. The Hall–Kier alpha value is -1.28. The van der Waals surface area contributed by atoms with Gasteiger partial charge >= 0.3 is 10.2 Å². The van der Waals surface area contributed by atoms with Gasteiger partial charge in [-0.25, -0.2) is 0 Å². The summed E-state index contributed by atoms with van der Waals surface area (Å²) in [5.74, 6) is 0. The van der Waals surface area contributed by atoms with E-state index in [0.717, 1.165) is 10.6 Å². The van der Waals surface area contributed by atoms with Crippen molar-refractivity contribution in [3.05, 3.63) is 30.5 Å². The Labute approximate surface area is 122 Å². The molecule has 1 aromatic carbocycles. The van der Waals surface area contributed by atoms with Crippen molar-refractivity contribution in [2.75, 3.05) is 14.1 Å². The van der Waals surface area contributed by atoms with Crippen LogP contribution in [0.5, 0.6) is 0 Å². The van der Waals surface area contributed by atoms with Crippen LogP contribution in [-0.2, 0) is 6.50 Å². The van der Waals surface area contributed by atoms with Crippen molar-refractivity contribution >= 4 is 21.1 Å². The van der Waals surface area contributed by atoms with Gasteiger partial charge in [-0.1, -0.05) is 19.4 Å². The molecule has 1 aromatic heterocycles. The Balaban J connectivity index is 2.62. The first-order chi connectivity index (χ1) is 10.0. The van der Waals surface area contributed by atoms with Gasteiger partial charge in [0.2, 0.25) is 0 Å². The second-order valence-corrected chi connectivity index (χ2v) is 7.55. The highest BCUT2D eigenvalue weighted by Crippen LogP contribution is 3.02. The Bertz CT molecular complexity index is 755. The number of halogens is 5. The summed E-state index contributed by atoms with van der Waals surface area (Å²) in [5.41, 5.74) is 0.120. The normalized spacial score (nSPS) is 19.9. The monoisotopic (exact) mass is 330 g/mol. The number of hydrogen-bond donors (Lipinski definition) is 0. The fourth-order valence-corrected chi connectivity index (χ4v) is 2.46. The molecule has 0 radical (unpaired) electrons. The quantitative estimate of drug-likeness (QED) is 0.695. The molecule has 21 heavy (non-hydrogen) atoms. The maximum atomic E-state index is 12.9. The van der Waals surface area contributed by atoms with Crippen LogP contribution >= 0.6 is 10.2 Å². The van der Waals surface area contributed by atoms with E-state index in [-0.39, 0.29) is 10.9 Å². The zero-order valence-corrected chi connectivity index (χ0v) is 12.5. The molecule has 0 bridgehead atoms. The molecule has 2 aromatic rings. The molecular formula is C13H17F5N2S. The van der Waals surface area contributed by atoms with Crippen LogP contribution in [0.2, 0.25) is 0 Å². The molecule has 0 saturated heterocycles. The largest absolute Gasteiger partial charge is 0.346 e. The molecule has 120 valence electrons. The summed E-state index contributed by atoms with van der Waals surface area (Å²) in [6.07, 6.45) is 1.26. The van der Waals surface area contributed by atoms with E-state index in [1.807, 2.05) is 0 Å². The summed E-state index contributed by atoms with van der Waals surface area (Å²) in [6.45, 7) is -0.309. The molecule has 8 heteroatoms. The van der Waals surface area contributed by atoms with Gasteiger partial charge in [-0.2, -0.15) is 0 Å². The Kier molecular flexibility index (Phi) is 2.63. The van der Waals surface area contributed by atoms with E-state index in [2.05, 4.69) is 0 Å². The standard InChI is InChI=1S/C13H17F5N2S/c1-10(19(2)3)9-20-7-6-11-8-12(4-5-13(11)20)21(14,15,16,17)18/h4-8,10H,9H2,1-3H3/t10-/m1/s1/i9D2. The van der Waals surface area contributed by atoms with Crippen LogP contribution in [0.25, 0.3) is 10.9 Å². The van der Waals surface area contributed by atoms with Gasteiger partial charge in [0.05, 0.1) is 2.74 Å². The first kappa shape index (κ1) is 13.4. The number of nitrogens with zero attached hydrogens (tertiary/aromatic N) is 2. The number of benzene rings is 1. The third kappa shape index (κ3) is 3.49. The first-order valence-electron chi connectivity index (χ1n) is 7.06. The highest BCUT2D eigenvalue weighted by Gasteiger charge is 2.65. The van der Waals surface area contributed by atoms with Crippen molar-refractivity contribution in [1.29, 1.82) is 0 Å². The Morgan fingerprint density at radius 3 is 2.33 bits per heavy atom. The van der Waals surface area contributed by atoms with Gasteiger partial charge in [-0.05, 0) is 45.3 Å². The number of likely N-dealkylation sites (N-methyl/N-ethyl adjacent to an activating group) is 1. The summed E-state index contributed by atoms with van der Waals surface area (Å²) in [6, 6.07) is 2.15. The molecule has 0 N–H and O–H groups in total. The Morgan fingerprint density at radius 1 is 1.19 bits per heavy atom. The van der Waals surface area contributed by atoms with Crippen LogP contribution in [0.3, 0.4) is 0 Å². The average molecular weight is 330 g/mol. The van der Waals surface area contributed by atoms with E-state index in [0.29, 0.717) is 12.1 Å². The van der Waals surface area contributed by atoms with Gasteiger partial charge in [0.1, 0.15) is 4.90 Å². The molecule has 2 nitrogen and oxygen atoms in total. The average Bonchev–Trinajstić information content (AvgIpc) is 2.78. The van der Waals surface area contributed by atoms with Crippen LogP contribution < -0.4 is 0 Å². The van der Waals surface area contributed by atoms with Crippen molar-refractivity contribution < 1.29 is 22.2 Å². The molecule has 0 aliphatic carbocycles. The van der Waals surface area contributed by atoms with E-state index in [4.69, 9.17) is 2.74 Å². The summed E-state index contributed by atoms with van der Waals surface area (Å²) in [7, 11) is -6.41. The zero-order valence-electron chi connectivity index (χ0n) is 13.7. The third-order valence-corrected chi connectivity index (χ3v) is 4.35. The van der Waals surface area contributed by atoms with Crippen molar-refractivity contribution in [2.24, 2.45) is 0 Å². The molecule has 0 unspecified atom stereocenters. The molecular weight excluding hydrogens is 311 g/mol. The smallest absolute Gasteiger partial charge is 0.310 e. The minimum atomic E-state index is -9.75. The molecule has 0 aliphatic heterocycles. The number of aromatic nitrogens is 1. The minimum absolute atomic E-state index is 0.0921. The number of rotatable bonds is 4. The summed E-state index contributed by atoms with van der Waals surface area (Å²) in [5, 5.41) is -0.0921. The highest BCUT2D eigenvalue weighted by atomic mass is 32.5. The summed E-state index contributed by atoms with van der Waals surface area (Å²) in [4.78, 5) is -0.356. The molecule has 2 rings (SSSR count). The number of hydrogen-bond acceptors (Lipinski definition) is 1. The third-order valence-electron chi connectivity index (χ3n) is 3.21. The van der Waals surface area contributed by atoms with Gasteiger partial charge in [0.25, 0.3) is 0 Å². The van der Waals surface area contributed by atoms with Gasteiger partial charge in [-0.3, -0.25) is 0 Å². The van der Waals surface area contributed by atoms with Crippen molar-refractivity contribution in [3.8, 4) is 0 Å². The topological polar surface area (TPSA) is 8.17 Å². The van der Waals surface area contributed by atoms with Crippen LogP contribution in [0.1, 0.15) is 9.67 Å². The summed E-state index contributed by atoms with van der Waals surface area (Å²) >= 11 is 0. The van der Waals surface area contributed by atoms with Crippen molar-refractivity contribution in [2.45, 2.75) is 24.4 Å². The molecule has 0 saturated carbocycles. The van der Waals surface area contributed by atoms with E-state index in [1.165, 1.54) is 12.3 Å². The second-order valence-electron chi connectivity index (χ2n) is 5.14. The molecule has 0 aliphatic rings. The lowest BCUT2D eigenvalue weighted by atomic mass is 10.2. The lowest BCUT2D eigenvalue weighted by molar-refractivity contribution is 0.286.